The van der Waals surface area contributed by atoms with Crippen LogP contribution in [0.1, 0.15) is 6.92 Å². The van der Waals surface area contributed by atoms with Crippen molar-refractivity contribution in [2.24, 2.45) is 0 Å². The molecule has 1 atom stereocenters. The van der Waals surface area contributed by atoms with Crippen LogP contribution in [-0.4, -0.2) is 24.8 Å². The molecule has 0 spiro atoms. The maximum atomic E-state index is 14.4. The molecule has 0 unspecified atom stereocenters. The zero-order valence-electron chi connectivity index (χ0n) is 14.3. The van der Waals surface area contributed by atoms with Crippen LogP contribution in [0.5, 0.6) is 0 Å². The second-order valence-electron chi connectivity index (χ2n) is 5.95. The summed E-state index contributed by atoms with van der Waals surface area (Å²) in [6, 6.07) is 16.4. The lowest BCUT2D eigenvalue weighted by Crippen LogP contribution is -2.39. The standard InChI is InChI=1S/C19H17FN2O4S/c1-12(19(23)21-24)27(25,26)22-18-14-7-3-2-6-13(14)10-11-16(18)15-8-4-5-9-17(15)20/h2-12,22,24H,1H3,(H,21,23)/t12-/m0/s1. The number of hydroxylamine groups is 1. The Labute approximate surface area is 155 Å². The molecule has 0 saturated carbocycles. The maximum absolute atomic E-state index is 14.4. The summed E-state index contributed by atoms with van der Waals surface area (Å²) in [5, 5.41) is 8.47. The predicted molar refractivity (Wildman–Crippen MR) is 101 cm³/mol. The van der Waals surface area contributed by atoms with E-state index in [0.717, 1.165) is 12.3 Å². The van der Waals surface area contributed by atoms with Gasteiger partial charge < -0.3 is 0 Å². The molecule has 3 aromatic rings. The van der Waals surface area contributed by atoms with Gasteiger partial charge in [-0.15, -0.1) is 0 Å². The van der Waals surface area contributed by atoms with Gasteiger partial charge in [-0.2, -0.15) is 0 Å². The lowest BCUT2D eigenvalue weighted by atomic mass is 9.98. The fourth-order valence-electron chi connectivity index (χ4n) is 2.75. The molecule has 0 bridgehead atoms. The lowest BCUT2D eigenvalue weighted by Gasteiger charge is -2.18. The van der Waals surface area contributed by atoms with E-state index < -0.39 is 27.0 Å². The van der Waals surface area contributed by atoms with Crippen molar-refractivity contribution in [2.75, 3.05) is 4.72 Å². The molecule has 1 amide bonds. The minimum absolute atomic E-state index is 0.163. The smallest absolute Gasteiger partial charge is 0.263 e. The van der Waals surface area contributed by atoms with E-state index in [1.807, 2.05) is 0 Å². The molecule has 0 aliphatic rings. The fraction of sp³-hybridized carbons (Fsp3) is 0.105. The number of halogens is 1. The van der Waals surface area contributed by atoms with Crippen molar-refractivity contribution in [3.05, 3.63) is 66.5 Å². The third-order valence-electron chi connectivity index (χ3n) is 4.28. The number of carbonyl (C=O) groups excluding carboxylic acids is 1. The molecule has 0 fully saturated rings. The molecule has 0 saturated heterocycles. The number of hydrogen-bond acceptors (Lipinski definition) is 4. The summed E-state index contributed by atoms with van der Waals surface area (Å²) in [5.41, 5.74) is 2.06. The fourth-order valence-corrected chi connectivity index (χ4v) is 3.76. The number of benzene rings is 3. The van der Waals surface area contributed by atoms with Crippen molar-refractivity contribution >= 4 is 32.4 Å². The van der Waals surface area contributed by atoms with E-state index in [1.54, 1.807) is 48.5 Å². The Balaban J connectivity index is 2.22. The van der Waals surface area contributed by atoms with E-state index in [9.17, 15) is 17.6 Å². The quantitative estimate of drug-likeness (QED) is 0.462. The molecule has 3 N–H and O–H groups in total. The highest BCUT2D eigenvalue weighted by molar-refractivity contribution is 7.94. The van der Waals surface area contributed by atoms with E-state index in [1.165, 1.54) is 17.6 Å². The van der Waals surface area contributed by atoms with Crippen molar-refractivity contribution in [1.29, 1.82) is 0 Å². The molecule has 3 rings (SSSR count). The molecule has 0 aliphatic heterocycles. The van der Waals surface area contributed by atoms with Gasteiger partial charge in [0.25, 0.3) is 5.91 Å². The van der Waals surface area contributed by atoms with Crippen molar-refractivity contribution in [3.63, 3.8) is 0 Å². The summed E-state index contributed by atoms with van der Waals surface area (Å²) in [7, 11) is -4.20. The van der Waals surface area contributed by atoms with Crippen molar-refractivity contribution in [1.82, 2.24) is 5.48 Å². The van der Waals surface area contributed by atoms with Gasteiger partial charge in [0.2, 0.25) is 10.0 Å². The summed E-state index contributed by atoms with van der Waals surface area (Å²) < 4.78 is 42.0. The highest BCUT2D eigenvalue weighted by atomic mass is 32.2. The number of rotatable bonds is 5. The third kappa shape index (κ3) is 3.62. The normalized spacial score (nSPS) is 12.6. The van der Waals surface area contributed by atoms with Crippen molar-refractivity contribution in [3.8, 4) is 11.1 Å². The molecule has 0 radical (unpaired) electrons. The minimum atomic E-state index is -4.20. The SMILES string of the molecule is C[C@@H](C(=O)NO)S(=O)(=O)Nc1c(-c2ccccc2F)ccc2ccccc12. The van der Waals surface area contributed by atoms with Crippen molar-refractivity contribution < 1.29 is 22.8 Å². The van der Waals surface area contributed by atoms with Crippen LogP contribution in [0.4, 0.5) is 10.1 Å². The number of hydrogen-bond donors (Lipinski definition) is 3. The molecule has 0 aliphatic carbocycles. The molecule has 140 valence electrons. The van der Waals surface area contributed by atoms with Crippen LogP contribution in [0.15, 0.2) is 60.7 Å². The Morgan fingerprint density at radius 2 is 1.67 bits per heavy atom. The molecular formula is C19H17FN2O4S. The van der Waals surface area contributed by atoms with Gasteiger partial charge in [-0.3, -0.25) is 14.7 Å². The van der Waals surface area contributed by atoms with Crippen LogP contribution in [-0.2, 0) is 14.8 Å². The largest absolute Gasteiger partial charge is 0.289 e. The third-order valence-corrected chi connectivity index (χ3v) is 5.92. The number of fused-ring (bicyclic) bond motifs is 1. The zero-order chi connectivity index (χ0) is 19.6. The first kappa shape index (κ1) is 18.8. The monoisotopic (exact) mass is 388 g/mol. The van der Waals surface area contributed by atoms with Crippen LogP contribution in [0.2, 0.25) is 0 Å². The van der Waals surface area contributed by atoms with Crippen LogP contribution >= 0.6 is 0 Å². The van der Waals surface area contributed by atoms with Crippen LogP contribution in [0.25, 0.3) is 21.9 Å². The predicted octanol–water partition coefficient (Wildman–Crippen LogP) is 3.28. The van der Waals surface area contributed by atoms with E-state index in [4.69, 9.17) is 5.21 Å². The van der Waals surface area contributed by atoms with E-state index >= 15 is 0 Å². The van der Waals surface area contributed by atoms with E-state index in [-0.39, 0.29) is 11.3 Å². The second-order valence-corrected chi connectivity index (χ2v) is 7.96. The average Bonchev–Trinajstić information content (AvgIpc) is 2.67. The Bertz CT molecular complexity index is 1120. The molecule has 0 aromatic heterocycles. The first-order valence-electron chi connectivity index (χ1n) is 8.07. The summed E-state index contributed by atoms with van der Waals surface area (Å²) >= 11 is 0. The van der Waals surface area contributed by atoms with Gasteiger partial charge in [0.05, 0.1) is 5.69 Å². The summed E-state index contributed by atoms with van der Waals surface area (Å²) in [5.74, 6) is -1.58. The van der Waals surface area contributed by atoms with Crippen LogP contribution in [0.3, 0.4) is 0 Å². The molecule has 0 heterocycles. The Morgan fingerprint density at radius 3 is 2.37 bits per heavy atom. The van der Waals surface area contributed by atoms with Crippen LogP contribution < -0.4 is 10.2 Å². The number of sulfonamides is 1. The van der Waals surface area contributed by atoms with E-state index in [0.29, 0.717) is 10.9 Å². The maximum Gasteiger partial charge on any atom is 0.263 e. The Hall–Kier alpha value is -2.97. The van der Waals surface area contributed by atoms with Crippen LogP contribution in [0, 0.1) is 5.82 Å². The second kappa shape index (κ2) is 7.34. The number of carbonyl (C=O) groups is 1. The Kier molecular flexibility index (Phi) is 5.11. The van der Waals surface area contributed by atoms with Gasteiger partial charge in [0.15, 0.2) is 5.25 Å². The van der Waals surface area contributed by atoms with Gasteiger partial charge in [0.1, 0.15) is 5.82 Å². The molecule has 6 nitrogen and oxygen atoms in total. The highest BCUT2D eigenvalue weighted by Crippen LogP contribution is 2.37. The average molecular weight is 388 g/mol. The molecule has 27 heavy (non-hydrogen) atoms. The lowest BCUT2D eigenvalue weighted by molar-refractivity contribution is -0.128. The highest BCUT2D eigenvalue weighted by Gasteiger charge is 2.29. The van der Waals surface area contributed by atoms with Gasteiger partial charge in [-0.1, -0.05) is 54.6 Å². The topological polar surface area (TPSA) is 95.5 Å². The van der Waals surface area contributed by atoms with Gasteiger partial charge in [-0.25, -0.2) is 18.3 Å². The van der Waals surface area contributed by atoms with Gasteiger partial charge >= 0.3 is 0 Å². The minimum Gasteiger partial charge on any atom is -0.289 e. The molecule has 8 heteroatoms. The summed E-state index contributed by atoms with van der Waals surface area (Å²) in [4.78, 5) is 11.6. The Morgan fingerprint density at radius 1 is 1.00 bits per heavy atom. The summed E-state index contributed by atoms with van der Waals surface area (Å²) in [6.45, 7) is 1.14. The number of nitrogens with one attached hydrogen (secondary N) is 2. The molecular weight excluding hydrogens is 371 g/mol. The first-order chi connectivity index (χ1) is 12.8. The van der Waals surface area contributed by atoms with Gasteiger partial charge in [0, 0.05) is 16.5 Å². The molecule has 3 aromatic carbocycles. The van der Waals surface area contributed by atoms with Crippen molar-refractivity contribution in [2.45, 2.75) is 12.2 Å². The number of amides is 1. The first-order valence-corrected chi connectivity index (χ1v) is 9.62. The van der Waals surface area contributed by atoms with E-state index in [2.05, 4.69) is 4.72 Å². The summed E-state index contributed by atoms with van der Waals surface area (Å²) in [6.07, 6.45) is 0. The van der Waals surface area contributed by atoms with Gasteiger partial charge in [-0.05, 0) is 18.4 Å². The zero-order valence-corrected chi connectivity index (χ0v) is 15.1. The number of anilines is 1.